The third kappa shape index (κ3) is 14.3. The Morgan fingerprint density at radius 3 is 2.32 bits per heavy atom. The molecule has 5 aromatic rings. The van der Waals surface area contributed by atoms with Gasteiger partial charge in [-0.1, -0.05) is 148 Å². The van der Waals surface area contributed by atoms with Crippen LogP contribution in [0.2, 0.25) is 5.02 Å². The number of methoxy groups -OCH3 is 1. The lowest BCUT2D eigenvalue weighted by atomic mass is 10.0. The van der Waals surface area contributed by atoms with E-state index < -0.39 is 28.6 Å². The standard InChI is InChI=1S/C45H50ClN5O9S3/c1-4-6-7-8-9-10-11-12-13-14-24-50(36-17-15-16-33-32(36)20-21-34(41(33)53)42(54)47-35-27-31(46)19-23-38(35)58-3)45(55)60-39-22-18-30(26-37(39)51(56)57)28-61-43-48-49-44(63-43)62-29-40(52)59-25-5-2/h5,15-23,26-27,53H,2,4,6-14,24-25,28-29H2,1,3H3,(H,47,54). The Morgan fingerprint density at radius 1 is 0.921 bits per heavy atom. The van der Waals surface area contributed by atoms with Gasteiger partial charge < -0.3 is 24.6 Å². The number of ether oxygens (including phenoxy) is 3. The smallest absolute Gasteiger partial charge is 0.420 e. The van der Waals surface area contributed by atoms with Crippen molar-refractivity contribution in [1.29, 1.82) is 0 Å². The highest BCUT2D eigenvalue weighted by molar-refractivity contribution is 8.03. The second-order valence-corrected chi connectivity index (χ2v) is 18.1. The van der Waals surface area contributed by atoms with E-state index in [4.69, 9.17) is 25.8 Å². The number of carbonyl (C=O) groups is 3. The van der Waals surface area contributed by atoms with Gasteiger partial charge in [0, 0.05) is 34.2 Å². The van der Waals surface area contributed by atoms with Crippen molar-refractivity contribution in [3.05, 3.63) is 106 Å². The molecule has 0 spiro atoms. The highest BCUT2D eigenvalue weighted by atomic mass is 35.5. The Hall–Kier alpha value is -5.36. The average molecular weight is 937 g/mol. The first kappa shape index (κ1) is 48.7. The number of carbonyl (C=O) groups excluding carboxylic acids is 3. The molecule has 0 unspecified atom stereocenters. The molecule has 0 aliphatic heterocycles. The molecule has 63 heavy (non-hydrogen) atoms. The molecule has 0 atom stereocenters. The molecule has 0 fully saturated rings. The third-order valence-corrected chi connectivity index (χ3v) is 13.2. The summed E-state index contributed by atoms with van der Waals surface area (Å²) < 4.78 is 17.3. The molecular weight excluding hydrogens is 886 g/mol. The van der Waals surface area contributed by atoms with Crippen LogP contribution in [0.1, 0.15) is 87.1 Å². The summed E-state index contributed by atoms with van der Waals surface area (Å²) in [6, 6.07) is 17.3. The van der Waals surface area contributed by atoms with E-state index in [1.54, 1.807) is 42.5 Å². The van der Waals surface area contributed by atoms with E-state index in [2.05, 4.69) is 29.0 Å². The average Bonchev–Trinajstić information content (AvgIpc) is 3.74. The highest BCUT2D eigenvalue weighted by Crippen LogP contribution is 2.38. The number of nitrogens with one attached hydrogen (secondary N) is 1. The van der Waals surface area contributed by atoms with E-state index in [0.29, 0.717) is 59.3 Å². The Balaban J connectivity index is 1.33. The Labute approximate surface area is 383 Å². The Kier molecular flexibility index (Phi) is 19.4. The number of phenolic OH excluding ortho intramolecular Hbond substituents is 1. The number of amides is 2. The molecule has 0 aliphatic rings. The zero-order valence-corrected chi connectivity index (χ0v) is 38.3. The van der Waals surface area contributed by atoms with Crippen molar-refractivity contribution in [1.82, 2.24) is 10.2 Å². The van der Waals surface area contributed by atoms with E-state index in [-0.39, 0.29) is 36.0 Å². The van der Waals surface area contributed by atoms with E-state index in [0.717, 1.165) is 25.7 Å². The van der Waals surface area contributed by atoms with E-state index >= 15 is 0 Å². The molecule has 2 amide bonds. The summed E-state index contributed by atoms with van der Waals surface area (Å²) in [4.78, 5) is 52.7. The minimum atomic E-state index is -0.842. The van der Waals surface area contributed by atoms with Crippen molar-refractivity contribution < 1.29 is 38.6 Å². The van der Waals surface area contributed by atoms with Gasteiger partial charge >= 0.3 is 17.7 Å². The SMILES string of the molecule is C=CCOC(=O)CSc1nnc(SCc2ccc(OC(=O)N(CCCCCCCCCCCC)c3cccc4c(O)c(C(=O)Nc5cc(Cl)ccc5OC)ccc34)c([N+](=O)[O-])c2)s1. The number of hydrogen-bond donors (Lipinski definition) is 2. The zero-order valence-electron chi connectivity index (χ0n) is 35.1. The number of aromatic nitrogens is 2. The van der Waals surface area contributed by atoms with Crippen LogP contribution in [0, 0.1) is 10.1 Å². The van der Waals surface area contributed by atoms with Crippen LogP contribution in [0.4, 0.5) is 21.9 Å². The minimum absolute atomic E-state index is 0.0219. The van der Waals surface area contributed by atoms with Crippen molar-refractivity contribution in [3.8, 4) is 17.2 Å². The van der Waals surface area contributed by atoms with Crippen LogP contribution in [0.3, 0.4) is 0 Å². The molecule has 1 heterocycles. The van der Waals surface area contributed by atoms with Crippen LogP contribution >= 0.6 is 46.5 Å². The fourth-order valence-corrected chi connectivity index (χ4v) is 9.52. The lowest BCUT2D eigenvalue weighted by Crippen LogP contribution is -2.34. The summed E-state index contributed by atoms with van der Waals surface area (Å²) in [5, 5.41) is 36.0. The molecule has 1 aromatic heterocycles. The van der Waals surface area contributed by atoms with Gasteiger partial charge in [-0.15, -0.1) is 10.2 Å². The zero-order chi connectivity index (χ0) is 45.1. The first-order valence-electron chi connectivity index (χ1n) is 20.5. The number of esters is 1. The molecule has 14 nitrogen and oxygen atoms in total. The van der Waals surface area contributed by atoms with Crippen LogP contribution in [-0.4, -0.2) is 64.2 Å². The van der Waals surface area contributed by atoms with Crippen LogP contribution < -0.4 is 19.7 Å². The van der Waals surface area contributed by atoms with E-state index in [1.807, 2.05) is 0 Å². The molecule has 0 saturated heterocycles. The predicted molar refractivity (Wildman–Crippen MR) is 251 cm³/mol. The van der Waals surface area contributed by atoms with Crippen molar-refractivity contribution in [3.63, 3.8) is 0 Å². The van der Waals surface area contributed by atoms with Gasteiger partial charge in [-0.2, -0.15) is 0 Å². The number of unbranched alkanes of at least 4 members (excludes halogenated alkanes) is 9. The van der Waals surface area contributed by atoms with Gasteiger partial charge in [0.05, 0.1) is 34.7 Å². The molecule has 0 bridgehead atoms. The summed E-state index contributed by atoms with van der Waals surface area (Å²) in [6.07, 6.45) is 11.4. The number of halogens is 1. The number of nitrogens with zero attached hydrogens (tertiary/aromatic N) is 4. The van der Waals surface area contributed by atoms with Crippen LogP contribution in [0.25, 0.3) is 10.8 Å². The summed E-state index contributed by atoms with van der Waals surface area (Å²) in [5.41, 5.74) is 0.882. The number of rotatable bonds is 25. The molecular formula is C45H50ClN5O9S3. The molecule has 2 N–H and O–H groups in total. The molecule has 0 aliphatic carbocycles. The highest BCUT2D eigenvalue weighted by Gasteiger charge is 2.26. The van der Waals surface area contributed by atoms with E-state index in [9.17, 15) is 29.6 Å². The van der Waals surface area contributed by atoms with Gasteiger partial charge in [-0.05, 0) is 48.4 Å². The number of nitro benzene ring substituents is 1. The second kappa shape index (κ2) is 25.1. The largest absolute Gasteiger partial charge is 0.506 e. The number of fused-ring (bicyclic) bond motifs is 1. The van der Waals surface area contributed by atoms with Crippen LogP contribution in [0.15, 0.2) is 88.1 Å². The Morgan fingerprint density at radius 2 is 1.62 bits per heavy atom. The number of hydrogen-bond acceptors (Lipinski definition) is 14. The van der Waals surface area contributed by atoms with Gasteiger partial charge in [-0.25, -0.2) is 4.79 Å². The van der Waals surface area contributed by atoms with Gasteiger partial charge in [0.25, 0.3) is 5.91 Å². The lowest BCUT2D eigenvalue weighted by molar-refractivity contribution is -0.385. The number of anilines is 2. The van der Waals surface area contributed by atoms with Crippen molar-refractivity contribution in [2.45, 2.75) is 85.6 Å². The van der Waals surface area contributed by atoms with E-state index in [1.165, 1.54) is 109 Å². The van der Waals surface area contributed by atoms with Gasteiger partial charge in [0.1, 0.15) is 18.1 Å². The normalized spacial score (nSPS) is 11.0. The quantitative estimate of drug-likeness (QED) is 0.0141. The number of phenols is 1. The summed E-state index contributed by atoms with van der Waals surface area (Å²) in [6.45, 7) is 6.07. The van der Waals surface area contributed by atoms with Crippen molar-refractivity contribution >= 4 is 92.3 Å². The maximum absolute atomic E-state index is 14.2. The van der Waals surface area contributed by atoms with Gasteiger partial charge in [0.15, 0.2) is 8.68 Å². The monoisotopic (exact) mass is 935 g/mol. The fourth-order valence-electron chi connectivity index (χ4n) is 6.58. The molecule has 18 heteroatoms. The predicted octanol–water partition coefficient (Wildman–Crippen LogP) is 12.3. The van der Waals surface area contributed by atoms with Crippen LogP contribution in [-0.2, 0) is 15.3 Å². The summed E-state index contributed by atoms with van der Waals surface area (Å²) in [5.74, 6) is -0.789. The maximum atomic E-state index is 14.2. The minimum Gasteiger partial charge on any atom is -0.506 e. The molecule has 5 rings (SSSR count). The Bertz CT molecular complexity index is 2380. The van der Waals surface area contributed by atoms with Gasteiger partial charge in [-0.3, -0.25) is 24.6 Å². The van der Waals surface area contributed by atoms with Crippen molar-refractivity contribution in [2.24, 2.45) is 0 Å². The molecule has 0 saturated carbocycles. The number of nitro groups is 1. The first-order valence-corrected chi connectivity index (χ1v) is 23.7. The molecule has 0 radical (unpaired) electrons. The summed E-state index contributed by atoms with van der Waals surface area (Å²) >= 11 is 9.97. The fraction of sp³-hybridized carbons (Fsp3) is 0.356. The third-order valence-electron chi connectivity index (χ3n) is 9.75. The van der Waals surface area contributed by atoms with Crippen LogP contribution in [0.5, 0.6) is 17.2 Å². The van der Waals surface area contributed by atoms with Gasteiger partial charge in [0.2, 0.25) is 5.75 Å². The topological polar surface area (TPSA) is 183 Å². The number of thioether (sulfide) groups is 2. The van der Waals surface area contributed by atoms with Crippen molar-refractivity contribution in [2.75, 3.05) is 36.2 Å². The maximum Gasteiger partial charge on any atom is 0.420 e. The number of benzene rings is 4. The molecule has 4 aromatic carbocycles. The number of aromatic hydroxyl groups is 1. The second-order valence-electron chi connectivity index (χ2n) is 14.3. The summed E-state index contributed by atoms with van der Waals surface area (Å²) in [7, 11) is 1.46. The first-order chi connectivity index (χ1) is 30.5. The molecule has 334 valence electrons. The lowest BCUT2D eigenvalue weighted by Gasteiger charge is -2.24.